The van der Waals surface area contributed by atoms with Gasteiger partial charge in [0.05, 0.1) is 6.04 Å². The van der Waals surface area contributed by atoms with Gasteiger partial charge in [-0.2, -0.15) is 0 Å². The lowest BCUT2D eigenvalue weighted by atomic mass is 9.87. The lowest BCUT2D eigenvalue weighted by Gasteiger charge is -2.34. The Balaban J connectivity index is 1.51. The molecule has 1 saturated heterocycles. The second-order valence-corrected chi connectivity index (χ2v) is 8.20. The number of likely N-dealkylation sites (N-methyl/N-ethyl adjacent to an activating group) is 1. The molecule has 2 aromatic rings. The van der Waals surface area contributed by atoms with Crippen LogP contribution < -0.4 is 4.90 Å². The fourth-order valence-corrected chi connectivity index (χ4v) is 4.46. The number of aryl methyl sites for hydroxylation is 2. The second-order valence-electron chi connectivity index (χ2n) is 8.20. The van der Waals surface area contributed by atoms with E-state index >= 15 is 0 Å². The van der Waals surface area contributed by atoms with Crippen LogP contribution in [0.3, 0.4) is 0 Å². The van der Waals surface area contributed by atoms with E-state index in [1.807, 2.05) is 43.3 Å². The Bertz CT molecular complexity index is 985. The van der Waals surface area contributed by atoms with Gasteiger partial charge in [0.2, 0.25) is 5.91 Å². The van der Waals surface area contributed by atoms with Crippen LogP contribution in [0.4, 0.5) is 10.5 Å². The molecule has 0 spiro atoms. The van der Waals surface area contributed by atoms with E-state index in [-0.39, 0.29) is 24.4 Å². The summed E-state index contributed by atoms with van der Waals surface area (Å²) in [5.74, 6) is -0.567. The van der Waals surface area contributed by atoms with Gasteiger partial charge in [-0.1, -0.05) is 42.0 Å². The summed E-state index contributed by atoms with van der Waals surface area (Å²) < 4.78 is 0. The number of benzene rings is 2. The van der Waals surface area contributed by atoms with Gasteiger partial charge in [0, 0.05) is 12.7 Å². The lowest BCUT2D eigenvalue weighted by Crippen LogP contribution is -2.43. The first kappa shape index (κ1) is 20.1. The molecular formula is C24H27N3O3. The van der Waals surface area contributed by atoms with Crippen LogP contribution in [0.1, 0.15) is 42.5 Å². The van der Waals surface area contributed by atoms with Crippen LogP contribution in [0.15, 0.2) is 48.5 Å². The normalized spacial score (nSPS) is 21.0. The van der Waals surface area contributed by atoms with Gasteiger partial charge in [-0.05, 0) is 56.4 Å². The second kappa shape index (κ2) is 7.94. The first-order chi connectivity index (χ1) is 14.4. The van der Waals surface area contributed by atoms with Crippen LogP contribution in [-0.4, -0.2) is 47.3 Å². The largest absolute Gasteiger partial charge is 0.337 e. The number of fused-ring (bicyclic) bond motifs is 1. The summed E-state index contributed by atoms with van der Waals surface area (Å²) in [6, 6.07) is 14.5. The maximum atomic E-state index is 13.1. The average molecular weight is 405 g/mol. The van der Waals surface area contributed by atoms with Crippen LogP contribution in [0.25, 0.3) is 0 Å². The highest BCUT2D eigenvalue weighted by Crippen LogP contribution is 2.34. The number of urea groups is 1. The quantitative estimate of drug-likeness (QED) is 0.729. The summed E-state index contributed by atoms with van der Waals surface area (Å²) in [6.07, 6.45) is 2.91. The van der Waals surface area contributed by atoms with Crippen molar-refractivity contribution in [2.75, 3.05) is 18.5 Å². The van der Waals surface area contributed by atoms with Crippen molar-refractivity contribution in [2.24, 2.45) is 0 Å². The highest BCUT2D eigenvalue weighted by atomic mass is 16.2. The Kier molecular flexibility index (Phi) is 5.33. The summed E-state index contributed by atoms with van der Waals surface area (Å²) in [5, 5.41) is 0. The van der Waals surface area contributed by atoms with E-state index in [9.17, 15) is 14.4 Å². The van der Waals surface area contributed by atoms with Crippen LogP contribution in [0, 0.1) is 6.92 Å². The van der Waals surface area contributed by atoms with Gasteiger partial charge >= 0.3 is 6.03 Å². The van der Waals surface area contributed by atoms with E-state index in [1.165, 1.54) is 10.5 Å². The molecule has 156 valence electrons. The molecule has 2 aromatic carbocycles. The van der Waals surface area contributed by atoms with Crippen LogP contribution in [-0.2, 0) is 16.0 Å². The standard InChI is InChI=1S/C24H27N3O3/c1-16-11-13-19(14-12-16)27-17(2)23(29)26(24(27)30)15-22(28)25(3)21-10-6-8-18-7-4-5-9-20(18)21/h4-5,7,9,11-14,17,21H,6,8,10,15H2,1-3H3/t17-,21-/m1/s1. The maximum Gasteiger partial charge on any atom is 0.332 e. The first-order valence-corrected chi connectivity index (χ1v) is 10.4. The number of hydrogen-bond donors (Lipinski definition) is 0. The maximum absolute atomic E-state index is 13.1. The zero-order valence-corrected chi connectivity index (χ0v) is 17.7. The minimum atomic E-state index is -0.631. The average Bonchev–Trinajstić information content (AvgIpc) is 2.96. The number of carbonyl (C=O) groups is 3. The molecule has 30 heavy (non-hydrogen) atoms. The van der Waals surface area contributed by atoms with Crippen molar-refractivity contribution in [3.05, 3.63) is 65.2 Å². The molecule has 6 heteroatoms. The zero-order chi connectivity index (χ0) is 21.4. The van der Waals surface area contributed by atoms with Gasteiger partial charge < -0.3 is 4.90 Å². The lowest BCUT2D eigenvalue weighted by molar-refractivity contribution is -0.138. The minimum absolute atomic E-state index is 0.0270. The van der Waals surface area contributed by atoms with Crippen molar-refractivity contribution in [3.8, 4) is 0 Å². The predicted molar refractivity (Wildman–Crippen MR) is 115 cm³/mol. The Morgan fingerprint density at radius 1 is 1.10 bits per heavy atom. The number of nitrogens with zero attached hydrogens (tertiary/aromatic N) is 3. The molecule has 1 aliphatic carbocycles. The van der Waals surface area contributed by atoms with E-state index in [1.54, 1.807) is 18.9 Å². The van der Waals surface area contributed by atoms with Crippen LogP contribution in [0.5, 0.6) is 0 Å². The Morgan fingerprint density at radius 3 is 2.53 bits per heavy atom. The van der Waals surface area contributed by atoms with Gasteiger partial charge in [-0.15, -0.1) is 0 Å². The Hall–Kier alpha value is -3.15. The third kappa shape index (κ3) is 3.47. The van der Waals surface area contributed by atoms with Gasteiger partial charge in [0.15, 0.2) is 0 Å². The highest BCUT2D eigenvalue weighted by molar-refractivity contribution is 6.15. The zero-order valence-electron chi connectivity index (χ0n) is 17.7. The van der Waals surface area contributed by atoms with Gasteiger partial charge in [0.1, 0.15) is 12.6 Å². The molecule has 0 bridgehead atoms. The van der Waals surface area contributed by atoms with Crippen molar-refractivity contribution in [2.45, 2.75) is 45.2 Å². The van der Waals surface area contributed by atoms with E-state index in [0.29, 0.717) is 5.69 Å². The summed E-state index contributed by atoms with van der Waals surface area (Å²) in [7, 11) is 1.77. The molecule has 0 aromatic heterocycles. The topological polar surface area (TPSA) is 60.9 Å². The fourth-order valence-electron chi connectivity index (χ4n) is 4.46. The van der Waals surface area contributed by atoms with E-state index in [4.69, 9.17) is 0 Å². The minimum Gasteiger partial charge on any atom is -0.337 e. The smallest absolute Gasteiger partial charge is 0.332 e. The third-order valence-electron chi connectivity index (χ3n) is 6.25. The number of carbonyl (C=O) groups excluding carboxylic acids is 3. The fraction of sp³-hybridized carbons (Fsp3) is 0.375. The molecule has 1 fully saturated rings. The molecule has 1 heterocycles. The summed E-state index contributed by atoms with van der Waals surface area (Å²) in [5.41, 5.74) is 4.16. The molecule has 0 N–H and O–H groups in total. The molecule has 0 saturated carbocycles. The van der Waals surface area contributed by atoms with Crippen molar-refractivity contribution >= 4 is 23.5 Å². The number of hydrogen-bond acceptors (Lipinski definition) is 3. The molecule has 4 amide bonds. The highest BCUT2D eigenvalue weighted by Gasteiger charge is 2.44. The van der Waals surface area contributed by atoms with Gasteiger partial charge in [0.25, 0.3) is 5.91 Å². The van der Waals surface area contributed by atoms with Crippen molar-refractivity contribution < 1.29 is 14.4 Å². The van der Waals surface area contributed by atoms with Crippen LogP contribution in [0.2, 0.25) is 0 Å². The molecule has 0 radical (unpaired) electrons. The predicted octanol–water partition coefficient (Wildman–Crippen LogP) is 3.69. The van der Waals surface area contributed by atoms with E-state index in [2.05, 4.69) is 12.1 Å². The van der Waals surface area contributed by atoms with Crippen LogP contribution >= 0.6 is 0 Å². The summed E-state index contributed by atoms with van der Waals surface area (Å²) in [4.78, 5) is 43.1. The number of imide groups is 1. The number of amides is 4. The molecule has 4 rings (SSSR count). The van der Waals surface area contributed by atoms with Crippen molar-refractivity contribution in [3.63, 3.8) is 0 Å². The SMILES string of the molecule is Cc1ccc(N2C(=O)N(CC(=O)N(C)[C@@H]3CCCc4ccccc43)C(=O)[C@H]2C)cc1. The molecule has 1 aliphatic heterocycles. The van der Waals surface area contributed by atoms with Gasteiger partial charge in [-0.25, -0.2) is 4.79 Å². The van der Waals surface area contributed by atoms with Crippen molar-refractivity contribution in [1.82, 2.24) is 9.80 Å². The number of rotatable bonds is 4. The summed E-state index contributed by atoms with van der Waals surface area (Å²) >= 11 is 0. The molecule has 6 nitrogen and oxygen atoms in total. The molecule has 2 aliphatic rings. The number of anilines is 1. The third-order valence-corrected chi connectivity index (χ3v) is 6.25. The first-order valence-electron chi connectivity index (χ1n) is 10.4. The Morgan fingerprint density at radius 2 is 1.80 bits per heavy atom. The Labute approximate surface area is 177 Å². The van der Waals surface area contributed by atoms with Crippen molar-refractivity contribution in [1.29, 1.82) is 0 Å². The summed E-state index contributed by atoms with van der Waals surface area (Å²) in [6.45, 7) is 3.43. The molecule has 0 unspecified atom stereocenters. The molecular weight excluding hydrogens is 378 g/mol. The van der Waals surface area contributed by atoms with E-state index < -0.39 is 12.1 Å². The van der Waals surface area contributed by atoms with Gasteiger partial charge in [-0.3, -0.25) is 19.4 Å². The molecule has 2 atom stereocenters. The van der Waals surface area contributed by atoms with E-state index in [0.717, 1.165) is 35.3 Å². The monoisotopic (exact) mass is 405 g/mol.